The molecule has 1 rings (SSSR count). The average molecular weight is 136 g/mol. The van der Waals surface area contributed by atoms with Gasteiger partial charge in [0, 0.05) is 0 Å². The Morgan fingerprint density at radius 2 is 2.30 bits per heavy atom. The summed E-state index contributed by atoms with van der Waals surface area (Å²) in [6.45, 7) is 7.04. The highest BCUT2D eigenvalue weighted by Crippen LogP contribution is 2.00. The van der Waals surface area contributed by atoms with Crippen molar-refractivity contribution >= 4 is 11.7 Å². The number of aliphatic imine (C=N–C) groups is 1. The van der Waals surface area contributed by atoms with Crippen molar-refractivity contribution in [3.8, 4) is 0 Å². The first-order chi connectivity index (χ1) is 4.77. The first-order valence-electron chi connectivity index (χ1n) is 2.92. The second-order valence-electron chi connectivity index (χ2n) is 1.90. The Morgan fingerprint density at radius 1 is 1.60 bits per heavy atom. The van der Waals surface area contributed by atoms with Crippen molar-refractivity contribution in [2.24, 2.45) is 4.99 Å². The first kappa shape index (κ1) is 6.74. The summed E-state index contributed by atoms with van der Waals surface area (Å²) in [5.74, 6) is 0. The van der Waals surface area contributed by atoms with Crippen molar-refractivity contribution in [1.82, 2.24) is 5.32 Å². The van der Waals surface area contributed by atoms with E-state index in [1.54, 1.807) is 12.2 Å². The number of nitrogens with one attached hydrogen (secondary N) is 1. The van der Waals surface area contributed by atoms with Crippen LogP contribution in [0, 0.1) is 0 Å². The molecule has 52 valence electrons. The van der Waals surface area contributed by atoms with E-state index in [-0.39, 0.29) is 12.1 Å². The topological polar surface area (TPSA) is 41.5 Å². The lowest BCUT2D eigenvalue weighted by Crippen LogP contribution is -2.28. The number of hydrogen-bond acceptors (Lipinski definition) is 1. The van der Waals surface area contributed by atoms with Crippen LogP contribution in [0.1, 0.15) is 0 Å². The predicted molar refractivity (Wildman–Crippen MR) is 40.1 cm³/mol. The molecule has 1 unspecified atom stereocenters. The van der Waals surface area contributed by atoms with Crippen LogP contribution in [0.15, 0.2) is 30.3 Å². The van der Waals surface area contributed by atoms with Gasteiger partial charge in [0.2, 0.25) is 0 Å². The number of nitrogens with zero attached hydrogens (tertiary/aromatic N) is 1. The van der Waals surface area contributed by atoms with E-state index in [1.807, 2.05) is 0 Å². The zero-order valence-corrected chi connectivity index (χ0v) is 5.50. The number of carbonyl (C=O) groups excluding carboxylic acids is 1. The lowest BCUT2D eigenvalue weighted by Gasteiger charge is -2.01. The minimum atomic E-state index is -0.320. The highest BCUT2D eigenvalue weighted by atomic mass is 16.2. The molecule has 0 aromatic carbocycles. The Hall–Kier alpha value is -1.38. The molecule has 1 atom stereocenters. The van der Waals surface area contributed by atoms with Crippen molar-refractivity contribution in [3.63, 3.8) is 0 Å². The number of amides is 2. The quantitative estimate of drug-likeness (QED) is 0.563. The first-order valence-corrected chi connectivity index (χ1v) is 2.92. The van der Waals surface area contributed by atoms with Crippen molar-refractivity contribution in [3.05, 3.63) is 25.3 Å². The molecule has 3 heteroatoms. The smallest absolute Gasteiger partial charge is 0.324 e. The SMILES string of the molecule is C=CC1=NC(=O)NC1C=C. The van der Waals surface area contributed by atoms with E-state index in [1.165, 1.54) is 0 Å². The van der Waals surface area contributed by atoms with Gasteiger partial charge >= 0.3 is 6.03 Å². The second kappa shape index (κ2) is 2.47. The van der Waals surface area contributed by atoms with Crippen molar-refractivity contribution < 1.29 is 4.79 Å². The van der Waals surface area contributed by atoms with E-state index in [2.05, 4.69) is 23.5 Å². The van der Waals surface area contributed by atoms with E-state index in [0.29, 0.717) is 5.71 Å². The molecule has 1 N–H and O–H groups in total. The third-order valence-electron chi connectivity index (χ3n) is 1.27. The van der Waals surface area contributed by atoms with Gasteiger partial charge in [-0.15, -0.1) is 6.58 Å². The zero-order valence-electron chi connectivity index (χ0n) is 5.50. The maximum atomic E-state index is 10.6. The van der Waals surface area contributed by atoms with Crippen LogP contribution in [0.4, 0.5) is 4.79 Å². The third kappa shape index (κ3) is 0.978. The van der Waals surface area contributed by atoms with Gasteiger partial charge in [0.1, 0.15) is 0 Å². The van der Waals surface area contributed by atoms with Crippen LogP contribution in [0.25, 0.3) is 0 Å². The molecule has 0 bridgehead atoms. The molecule has 0 aliphatic carbocycles. The molecule has 2 amide bonds. The zero-order chi connectivity index (χ0) is 7.56. The number of hydrogen-bond donors (Lipinski definition) is 1. The Kier molecular flexibility index (Phi) is 1.67. The molecule has 0 spiro atoms. The second-order valence-corrected chi connectivity index (χ2v) is 1.90. The number of carbonyl (C=O) groups is 1. The van der Waals surface area contributed by atoms with Gasteiger partial charge in [-0.2, -0.15) is 4.99 Å². The Balaban J connectivity index is 2.84. The summed E-state index contributed by atoms with van der Waals surface area (Å²) in [6.07, 6.45) is 3.16. The molecule has 0 aromatic rings. The molecule has 1 aliphatic heterocycles. The van der Waals surface area contributed by atoms with Crippen LogP contribution >= 0.6 is 0 Å². The van der Waals surface area contributed by atoms with Gasteiger partial charge in [-0.05, 0) is 6.08 Å². The fraction of sp³-hybridized carbons (Fsp3) is 0.143. The van der Waals surface area contributed by atoms with Crippen molar-refractivity contribution in [2.45, 2.75) is 6.04 Å². The van der Waals surface area contributed by atoms with E-state index >= 15 is 0 Å². The minimum Gasteiger partial charge on any atom is -0.324 e. The Labute approximate surface area is 59.2 Å². The van der Waals surface area contributed by atoms with Crippen molar-refractivity contribution in [1.29, 1.82) is 0 Å². The third-order valence-corrected chi connectivity index (χ3v) is 1.27. The lowest BCUT2D eigenvalue weighted by molar-refractivity contribution is 0.251. The fourth-order valence-corrected chi connectivity index (χ4v) is 0.778. The van der Waals surface area contributed by atoms with Gasteiger partial charge in [0.25, 0.3) is 0 Å². The van der Waals surface area contributed by atoms with Crippen LogP contribution in [-0.4, -0.2) is 17.8 Å². The van der Waals surface area contributed by atoms with Gasteiger partial charge in [0.15, 0.2) is 0 Å². The van der Waals surface area contributed by atoms with E-state index in [0.717, 1.165) is 0 Å². The summed E-state index contributed by atoms with van der Waals surface area (Å²) in [5.41, 5.74) is 0.639. The van der Waals surface area contributed by atoms with Crippen LogP contribution in [0.3, 0.4) is 0 Å². The summed E-state index contributed by atoms with van der Waals surface area (Å²) >= 11 is 0. The van der Waals surface area contributed by atoms with E-state index < -0.39 is 0 Å². The monoisotopic (exact) mass is 136 g/mol. The maximum absolute atomic E-state index is 10.6. The normalized spacial score (nSPS) is 23.4. The van der Waals surface area contributed by atoms with E-state index in [4.69, 9.17) is 0 Å². The molecule has 0 radical (unpaired) electrons. The van der Waals surface area contributed by atoms with Gasteiger partial charge < -0.3 is 5.32 Å². The molecule has 1 aliphatic rings. The number of urea groups is 1. The number of rotatable bonds is 2. The average Bonchev–Trinajstić information content (AvgIpc) is 2.30. The van der Waals surface area contributed by atoms with Gasteiger partial charge in [-0.25, -0.2) is 4.79 Å². The molecule has 3 nitrogen and oxygen atoms in total. The fourth-order valence-electron chi connectivity index (χ4n) is 0.778. The maximum Gasteiger partial charge on any atom is 0.342 e. The van der Waals surface area contributed by atoms with Crippen LogP contribution < -0.4 is 5.32 Å². The standard InChI is InChI=1S/C7H8N2O/c1-3-5-6(4-2)9-7(10)8-5/h3-5H,1-2H2,(H,8,10). The van der Waals surface area contributed by atoms with Gasteiger partial charge in [0.05, 0.1) is 11.8 Å². The molecule has 0 fully saturated rings. The summed E-state index contributed by atoms with van der Waals surface area (Å²) in [7, 11) is 0. The van der Waals surface area contributed by atoms with Gasteiger partial charge in [-0.1, -0.05) is 12.7 Å². The van der Waals surface area contributed by atoms with Gasteiger partial charge in [-0.3, -0.25) is 0 Å². The highest BCUT2D eigenvalue weighted by Gasteiger charge is 2.19. The van der Waals surface area contributed by atoms with Crippen LogP contribution in [-0.2, 0) is 0 Å². The molecule has 0 saturated heterocycles. The largest absolute Gasteiger partial charge is 0.342 e. The van der Waals surface area contributed by atoms with Crippen LogP contribution in [0.2, 0.25) is 0 Å². The molecular weight excluding hydrogens is 128 g/mol. The van der Waals surface area contributed by atoms with E-state index in [9.17, 15) is 4.79 Å². The Morgan fingerprint density at radius 3 is 2.70 bits per heavy atom. The molecular formula is C7H8N2O. The summed E-state index contributed by atoms with van der Waals surface area (Å²) < 4.78 is 0. The predicted octanol–water partition coefficient (Wildman–Crippen LogP) is 0.891. The van der Waals surface area contributed by atoms with Crippen LogP contribution in [0.5, 0.6) is 0 Å². The summed E-state index contributed by atoms with van der Waals surface area (Å²) in [6, 6.07) is -0.468. The van der Waals surface area contributed by atoms with Crippen molar-refractivity contribution in [2.75, 3.05) is 0 Å². The molecule has 1 heterocycles. The molecule has 10 heavy (non-hydrogen) atoms. The summed E-state index contributed by atoms with van der Waals surface area (Å²) in [5, 5.41) is 2.57. The Bertz CT molecular complexity index is 218. The summed E-state index contributed by atoms with van der Waals surface area (Å²) in [4.78, 5) is 14.2. The minimum absolute atomic E-state index is 0.148. The lowest BCUT2D eigenvalue weighted by atomic mass is 10.2. The molecule has 0 aromatic heterocycles. The molecule has 0 saturated carbocycles. The highest BCUT2D eigenvalue weighted by molar-refractivity contribution is 6.11.